The molecule has 0 fully saturated rings. The summed E-state index contributed by atoms with van der Waals surface area (Å²) < 4.78 is 39.8. The number of imidazole rings is 1. The fourth-order valence-corrected chi connectivity index (χ4v) is 1.95. The summed E-state index contributed by atoms with van der Waals surface area (Å²) in [6.45, 7) is 0. The number of carbonyl (C=O) groups is 1. The molecule has 1 heterocycles. The lowest BCUT2D eigenvalue weighted by atomic mass is 10.2. The predicted octanol–water partition coefficient (Wildman–Crippen LogP) is 2.84. The number of carboxylic acids is 1. The summed E-state index contributed by atoms with van der Waals surface area (Å²) in [6.07, 6.45) is 0.759. The van der Waals surface area contributed by atoms with Gasteiger partial charge in [-0.25, -0.2) is 17.7 Å². The number of rotatable bonds is 4. The molecule has 2 rings (SSSR count). The highest BCUT2D eigenvalue weighted by atomic mass is 32.2. The van der Waals surface area contributed by atoms with Crippen molar-refractivity contribution in [2.75, 3.05) is 0 Å². The molecule has 1 aromatic carbocycles. The van der Waals surface area contributed by atoms with Gasteiger partial charge in [-0.3, -0.25) is 4.79 Å². The third-order valence-corrected chi connectivity index (χ3v) is 2.68. The van der Waals surface area contributed by atoms with Crippen LogP contribution in [0.3, 0.4) is 0 Å². The Hall–Kier alpha value is -1.96. The third kappa shape index (κ3) is 3.08. The van der Waals surface area contributed by atoms with Crippen molar-refractivity contribution in [3.05, 3.63) is 41.7 Å². The minimum atomic E-state index is -1.13. The fraction of sp³-hybridized carbons (Fsp3) is 0.0909. The van der Waals surface area contributed by atoms with E-state index in [2.05, 4.69) is 4.98 Å². The first kappa shape index (κ1) is 13.5. The quantitative estimate of drug-likeness (QED) is 0.940. The van der Waals surface area contributed by atoms with Crippen LogP contribution >= 0.6 is 12.3 Å². The minimum Gasteiger partial charge on any atom is -0.481 e. The predicted molar refractivity (Wildman–Crippen MR) is 63.0 cm³/mol. The van der Waals surface area contributed by atoms with Crippen molar-refractivity contribution in [2.24, 2.45) is 0 Å². The van der Waals surface area contributed by atoms with Gasteiger partial charge < -0.3 is 5.11 Å². The highest BCUT2D eigenvalue weighted by Gasteiger charge is 2.14. The fourth-order valence-electron chi connectivity index (χ4n) is 1.58. The Balaban J connectivity index is 2.48. The second-order valence-corrected chi connectivity index (χ2v) is 4.21. The highest BCUT2D eigenvalue weighted by molar-refractivity contribution is 7.92. The highest BCUT2D eigenvalue weighted by Crippen LogP contribution is 2.25. The van der Waals surface area contributed by atoms with Gasteiger partial charge in [0.15, 0.2) is 18.2 Å². The molecule has 19 heavy (non-hydrogen) atoms. The van der Waals surface area contributed by atoms with Crippen LogP contribution < -0.4 is 0 Å². The summed E-state index contributed by atoms with van der Waals surface area (Å²) in [4.78, 5) is 14.4. The summed E-state index contributed by atoms with van der Waals surface area (Å²) in [5, 5.41) is 8.63. The third-order valence-electron chi connectivity index (χ3n) is 2.25. The largest absolute Gasteiger partial charge is 0.481 e. The molecule has 0 bridgehead atoms. The topological polar surface area (TPSA) is 55.1 Å². The van der Waals surface area contributed by atoms with E-state index in [1.165, 1.54) is 0 Å². The molecule has 0 saturated heterocycles. The van der Waals surface area contributed by atoms with Crippen molar-refractivity contribution in [2.45, 2.75) is 6.42 Å². The van der Waals surface area contributed by atoms with Crippen LogP contribution in [0.5, 0.6) is 0 Å². The first-order valence-corrected chi connectivity index (χ1v) is 5.72. The number of hydrogen-bond donors (Lipinski definition) is 1. The van der Waals surface area contributed by atoms with Gasteiger partial charge in [0.25, 0.3) is 0 Å². The molecule has 0 unspecified atom stereocenters. The van der Waals surface area contributed by atoms with Crippen LogP contribution in [0.1, 0.15) is 5.69 Å². The lowest BCUT2D eigenvalue weighted by Crippen LogP contribution is -1.99. The number of hydrogen-bond acceptors (Lipinski definition) is 3. The van der Waals surface area contributed by atoms with E-state index in [0.29, 0.717) is 6.07 Å². The van der Waals surface area contributed by atoms with Gasteiger partial charge in [-0.2, -0.15) is 0 Å². The number of halogens is 3. The van der Waals surface area contributed by atoms with Crippen LogP contribution in [0.2, 0.25) is 0 Å². The molecule has 1 N–H and O–H groups in total. The second kappa shape index (κ2) is 5.35. The van der Waals surface area contributed by atoms with E-state index in [-0.39, 0.29) is 29.4 Å². The maximum atomic E-state index is 13.1. The summed E-state index contributed by atoms with van der Waals surface area (Å²) in [7, 11) is 0. The number of aliphatic carboxylic acids is 1. The van der Waals surface area contributed by atoms with Crippen molar-refractivity contribution in [3.8, 4) is 11.4 Å². The molecule has 0 spiro atoms. The number of nitrogens with zero attached hydrogens (tertiary/aromatic N) is 2. The molecule has 8 heteroatoms. The maximum absolute atomic E-state index is 13.1. The Kier molecular flexibility index (Phi) is 3.79. The Bertz CT molecular complexity index is 610. The molecule has 0 aliphatic heterocycles. The van der Waals surface area contributed by atoms with Gasteiger partial charge in [-0.15, -0.1) is 3.89 Å². The molecular weight excluding hydrogens is 281 g/mol. The molecule has 0 radical (unpaired) electrons. The average Bonchev–Trinajstić information content (AvgIpc) is 2.69. The van der Waals surface area contributed by atoms with Gasteiger partial charge in [-0.05, 0) is 12.1 Å². The zero-order chi connectivity index (χ0) is 14.0. The molecular formula is C11H7F3N2O2S. The first-order valence-electron chi connectivity index (χ1n) is 5.05. The normalized spacial score (nSPS) is 10.7. The van der Waals surface area contributed by atoms with E-state index in [9.17, 15) is 17.5 Å². The van der Waals surface area contributed by atoms with Crippen molar-refractivity contribution in [1.82, 2.24) is 8.96 Å². The average molecular weight is 288 g/mol. The van der Waals surface area contributed by atoms with E-state index >= 15 is 0 Å². The lowest BCUT2D eigenvalue weighted by Gasteiger charge is -2.01. The number of benzene rings is 1. The van der Waals surface area contributed by atoms with E-state index in [4.69, 9.17) is 5.11 Å². The van der Waals surface area contributed by atoms with Crippen LogP contribution in [0.15, 0.2) is 24.4 Å². The molecule has 0 amide bonds. The van der Waals surface area contributed by atoms with Crippen LogP contribution in [-0.4, -0.2) is 20.0 Å². The lowest BCUT2D eigenvalue weighted by molar-refractivity contribution is -0.136. The van der Waals surface area contributed by atoms with Crippen LogP contribution in [0, 0.1) is 11.6 Å². The van der Waals surface area contributed by atoms with Crippen LogP contribution in [-0.2, 0) is 11.2 Å². The number of aromatic nitrogens is 2. The van der Waals surface area contributed by atoms with Gasteiger partial charge in [-0.1, -0.05) is 0 Å². The van der Waals surface area contributed by atoms with Crippen molar-refractivity contribution >= 4 is 18.3 Å². The standard InChI is InChI=1S/C11H7F3N2O2S/c12-7-1-6(2-8(13)3-7)11-15-9(4-10(17)18)5-16(11)19-14/h1-3,5H,4H2,(H,17,18). The van der Waals surface area contributed by atoms with Gasteiger partial charge in [0.05, 0.1) is 12.1 Å². The molecule has 0 saturated carbocycles. The van der Waals surface area contributed by atoms with Gasteiger partial charge >= 0.3 is 5.97 Å². The first-order chi connectivity index (χ1) is 8.99. The molecule has 0 aliphatic rings. The van der Waals surface area contributed by atoms with Gasteiger partial charge in [0.1, 0.15) is 11.6 Å². The van der Waals surface area contributed by atoms with Gasteiger partial charge in [0, 0.05) is 17.8 Å². The zero-order valence-electron chi connectivity index (χ0n) is 9.31. The summed E-state index contributed by atoms with van der Waals surface area (Å²) >= 11 is -0.234. The van der Waals surface area contributed by atoms with Crippen LogP contribution in [0.4, 0.5) is 12.7 Å². The van der Waals surface area contributed by atoms with Crippen molar-refractivity contribution in [3.63, 3.8) is 0 Å². The molecule has 4 nitrogen and oxygen atoms in total. The Morgan fingerprint density at radius 3 is 2.47 bits per heavy atom. The van der Waals surface area contributed by atoms with Crippen molar-refractivity contribution < 1.29 is 22.6 Å². The van der Waals surface area contributed by atoms with Crippen molar-refractivity contribution in [1.29, 1.82) is 0 Å². The van der Waals surface area contributed by atoms with Crippen LogP contribution in [0.25, 0.3) is 11.4 Å². The maximum Gasteiger partial charge on any atom is 0.309 e. The summed E-state index contributed by atoms with van der Waals surface area (Å²) in [5.74, 6) is -2.84. The van der Waals surface area contributed by atoms with E-state index in [1.54, 1.807) is 0 Å². The summed E-state index contributed by atoms with van der Waals surface area (Å²) in [5.41, 5.74) is 0.122. The molecule has 100 valence electrons. The van der Waals surface area contributed by atoms with E-state index < -0.39 is 24.0 Å². The summed E-state index contributed by atoms with van der Waals surface area (Å²) in [6, 6.07) is 2.66. The monoisotopic (exact) mass is 288 g/mol. The SMILES string of the molecule is O=C(O)Cc1cn(SF)c(-c2cc(F)cc(F)c2)n1. The Labute approximate surface area is 110 Å². The molecule has 0 aliphatic carbocycles. The molecule has 2 aromatic rings. The van der Waals surface area contributed by atoms with E-state index in [1.807, 2.05) is 0 Å². The molecule has 0 atom stereocenters. The van der Waals surface area contributed by atoms with E-state index in [0.717, 1.165) is 22.3 Å². The Morgan fingerprint density at radius 2 is 1.95 bits per heavy atom. The Morgan fingerprint density at radius 1 is 1.32 bits per heavy atom. The van der Waals surface area contributed by atoms with Gasteiger partial charge in [0.2, 0.25) is 0 Å². The smallest absolute Gasteiger partial charge is 0.309 e. The molecule has 1 aromatic heterocycles. The minimum absolute atomic E-state index is 0.0271. The zero-order valence-corrected chi connectivity index (χ0v) is 10.1. The second-order valence-electron chi connectivity index (χ2n) is 3.68. The number of carboxylic acid groups (broad SMARTS) is 1.